The maximum Gasteiger partial charge on any atom is 0.0971 e. The molecular weight excluding hydrogens is 172 g/mol. The van der Waals surface area contributed by atoms with E-state index in [9.17, 15) is 5.11 Å². The average molecular weight is 183 g/mol. The lowest BCUT2D eigenvalue weighted by Crippen LogP contribution is -1.91. The van der Waals surface area contributed by atoms with E-state index in [1.807, 2.05) is 25.1 Å². The molecule has 1 atom stereocenters. The second-order valence-corrected chi connectivity index (χ2v) is 2.96. The minimum Gasteiger partial charge on any atom is -0.384 e. The maximum absolute atomic E-state index is 9.48. The van der Waals surface area contributed by atoms with Gasteiger partial charge >= 0.3 is 0 Å². The average Bonchev–Trinajstić information content (AvgIpc) is 2.06. The first-order chi connectivity index (χ1) is 5.74. The van der Waals surface area contributed by atoms with Gasteiger partial charge in [0.2, 0.25) is 0 Å². The molecule has 0 aliphatic heterocycles. The lowest BCUT2D eigenvalue weighted by Gasteiger charge is -2.04. The van der Waals surface area contributed by atoms with Crippen molar-refractivity contribution in [2.45, 2.75) is 13.0 Å². The summed E-state index contributed by atoms with van der Waals surface area (Å²) >= 11 is 5.69. The van der Waals surface area contributed by atoms with E-state index in [4.69, 9.17) is 11.6 Å². The van der Waals surface area contributed by atoms with Crippen molar-refractivity contribution in [1.29, 1.82) is 0 Å². The summed E-state index contributed by atoms with van der Waals surface area (Å²) in [7, 11) is 0. The minimum atomic E-state index is -0.521. The van der Waals surface area contributed by atoms with Gasteiger partial charge in [0.15, 0.2) is 0 Å². The monoisotopic (exact) mass is 182 g/mol. The Morgan fingerprint density at radius 1 is 1.33 bits per heavy atom. The summed E-state index contributed by atoms with van der Waals surface area (Å²) in [5, 5.41) is 10.2. The zero-order valence-electron chi connectivity index (χ0n) is 6.87. The van der Waals surface area contributed by atoms with Gasteiger partial charge in [0.25, 0.3) is 0 Å². The van der Waals surface area contributed by atoms with Gasteiger partial charge < -0.3 is 5.11 Å². The molecule has 1 nitrogen and oxygen atoms in total. The van der Waals surface area contributed by atoms with Crippen LogP contribution in [0.3, 0.4) is 0 Å². The van der Waals surface area contributed by atoms with Gasteiger partial charge in [-0.3, -0.25) is 0 Å². The molecule has 0 amide bonds. The molecule has 0 heterocycles. The van der Waals surface area contributed by atoms with Crippen LogP contribution in [0.15, 0.2) is 36.4 Å². The zero-order valence-corrected chi connectivity index (χ0v) is 7.62. The molecule has 0 aromatic heterocycles. The number of halogens is 1. The summed E-state index contributed by atoms with van der Waals surface area (Å²) in [4.78, 5) is 0. The highest BCUT2D eigenvalue weighted by Crippen LogP contribution is 2.16. The van der Waals surface area contributed by atoms with Crippen molar-refractivity contribution in [3.05, 3.63) is 47.0 Å². The van der Waals surface area contributed by atoms with Crippen LogP contribution in [0.25, 0.3) is 0 Å². The normalized spacial score (nSPS) is 13.6. The molecule has 12 heavy (non-hydrogen) atoms. The molecule has 1 N–H and O–H groups in total. The van der Waals surface area contributed by atoms with E-state index in [0.717, 1.165) is 5.56 Å². The molecular formula is C10H11ClO. The SMILES string of the molecule is C/C=C/C(O)c1ccc(Cl)cc1. The number of rotatable bonds is 2. The molecule has 1 aromatic rings. The number of allylic oxidation sites excluding steroid dienone is 1. The molecule has 1 unspecified atom stereocenters. The van der Waals surface area contributed by atoms with E-state index in [-0.39, 0.29) is 0 Å². The van der Waals surface area contributed by atoms with E-state index in [1.165, 1.54) is 0 Å². The molecule has 0 radical (unpaired) electrons. The second-order valence-electron chi connectivity index (χ2n) is 2.52. The highest BCUT2D eigenvalue weighted by atomic mass is 35.5. The van der Waals surface area contributed by atoms with Gasteiger partial charge in [-0.05, 0) is 24.6 Å². The number of benzene rings is 1. The Morgan fingerprint density at radius 2 is 1.92 bits per heavy atom. The third kappa shape index (κ3) is 2.36. The highest BCUT2D eigenvalue weighted by Gasteiger charge is 2.00. The first-order valence-corrected chi connectivity index (χ1v) is 4.18. The van der Waals surface area contributed by atoms with Gasteiger partial charge in [0, 0.05) is 5.02 Å². The molecule has 1 aromatic carbocycles. The molecule has 0 aliphatic rings. The van der Waals surface area contributed by atoms with E-state index in [1.54, 1.807) is 18.2 Å². The van der Waals surface area contributed by atoms with Crippen molar-refractivity contribution in [3.8, 4) is 0 Å². The fourth-order valence-corrected chi connectivity index (χ4v) is 1.08. The van der Waals surface area contributed by atoms with E-state index < -0.39 is 6.10 Å². The highest BCUT2D eigenvalue weighted by molar-refractivity contribution is 6.30. The summed E-state index contributed by atoms with van der Waals surface area (Å²) in [5.41, 5.74) is 0.859. The van der Waals surface area contributed by atoms with Crippen LogP contribution < -0.4 is 0 Å². The largest absolute Gasteiger partial charge is 0.384 e. The van der Waals surface area contributed by atoms with Crippen molar-refractivity contribution in [2.75, 3.05) is 0 Å². The van der Waals surface area contributed by atoms with Crippen LogP contribution in [-0.2, 0) is 0 Å². The van der Waals surface area contributed by atoms with E-state index in [2.05, 4.69) is 0 Å². The van der Waals surface area contributed by atoms with Crippen molar-refractivity contribution in [3.63, 3.8) is 0 Å². The van der Waals surface area contributed by atoms with Gasteiger partial charge in [-0.25, -0.2) is 0 Å². The quantitative estimate of drug-likeness (QED) is 0.698. The molecule has 0 saturated carbocycles. The van der Waals surface area contributed by atoms with Gasteiger partial charge in [-0.2, -0.15) is 0 Å². The topological polar surface area (TPSA) is 20.2 Å². The first kappa shape index (κ1) is 9.30. The summed E-state index contributed by atoms with van der Waals surface area (Å²) in [6.07, 6.45) is 3.02. The predicted molar refractivity (Wildman–Crippen MR) is 51.2 cm³/mol. The van der Waals surface area contributed by atoms with E-state index in [0.29, 0.717) is 5.02 Å². The third-order valence-corrected chi connectivity index (χ3v) is 1.84. The summed E-state index contributed by atoms with van der Waals surface area (Å²) in [5.74, 6) is 0. The molecule has 0 saturated heterocycles. The predicted octanol–water partition coefficient (Wildman–Crippen LogP) is 2.95. The van der Waals surface area contributed by atoms with Crippen molar-refractivity contribution >= 4 is 11.6 Å². The van der Waals surface area contributed by atoms with Crippen LogP contribution in [0, 0.1) is 0 Å². The Labute approximate surface area is 77.3 Å². The van der Waals surface area contributed by atoms with Crippen LogP contribution in [-0.4, -0.2) is 5.11 Å². The van der Waals surface area contributed by atoms with Crippen molar-refractivity contribution < 1.29 is 5.11 Å². The molecule has 0 spiro atoms. The maximum atomic E-state index is 9.48. The molecule has 0 fully saturated rings. The number of aliphatic hydroxyl groups is 1. The minimum absolute atomic E-state index is 0.521. The fourth-order valence-electron chi connectivity index (χ4n) is 0.953. The number of hydrogen-bond donors (Lipinski definition) is 1. The van der Waals surface area contributed by atoms with Crippen LogP contribution in [0.4, 0.5) is 0 Å². The standard InChI is InChI=1S/C10H11ClO/c1-2-3-10(12)8-4-6-9(11)7-5-8/h2-7,10,12H,1H3/b3-2+. The summed E-state index contributed by atoms with van der Waals surface area (Å²) in [6.45, 7) is 1.87. The molecule has 0 bridgehead atoms. The van der Waals surface area contributed by atoms with Crippen LogP contribution in [0.1, 0.15) is 18.6 Å². The Kier molecular flexibility index (Phi) is 3.32. The fraction of sp³-hybridized carbons (Fsp3) is 0.200. The van der Waals surface area contributed by atoms with Crippen molar-refractivity contribution in [1.82, 2.24) is 0 Å². The summed E-state index contributed by atoms with van der Waals surface area (Å²) < 4.78 is 0. The van der Waals surface area contributed by atoms with Gasteiger partial charge in [-0.1, -0.05) is 35.9 Å². The number of aliphatic hydroxyl groups excluding tert-OH is 1. The molecule has 1 rings (SSSR count). The summed E-state index contributed by atoms with van der Waals surface area (Å²) in [6, 6.07) is 7.16. The lowest BCUT2D eigenvalue weighted by molar-refractivity contribution is 0.228. The Hall–Kier alpha value is -0.790. The Bertz CT molecular complexity index is 264. The van der Waals surface area contributed by atoms with Crippen molar-refractivity contribution in [2.24, 2.45) is 0 Å². The first-order valence-electron chi connectivity index (χ1n) is 3.80. The van der Waals surface area contributed by atoms with Gasteiger partial charge in [0.1, 0.15) is 0 Å². The third-order valence-electron chi connectivity index (χ3n) is 1.59. The molecule has 64 valence electrons. The van der Waals surface area contributed by atoms with Crippen LogP contribution in [0.5, 0.6) is 0 Å². The van der Waals surface area contributed by atoms with Crippen LogP contribution >= 0.6 is 11.6 Å². The number of hydrogen-bond acceptors (Lipinski definition) is 1. The van der Waals surface area contributed by atoms with Crippen LogP contribution in [0.2, 0.25) is 5.02 Å². The van der Waals surface area contributed by atoms with E-state index >= 15 is 0 Å². The molecule has 0 aliphatic carbocycles. The lowest BCUT2D eigenvalue weighted by atomic mass is 10.1. The molecule has 2 heteroatoms. The van der Waals surface area contributed by atoms with Gasteiger partial charge in [-0.15, -0.1) is 0 Å². The smallest absolute Gasteiger partial charge is 0.0971 e. The van der Waals surface area contributed by atoms with Gasteiger partial charge in [0.05, 0.1) is 6.10 Å². The Balaban J connectivity index is 2.82. The zero-order chi connectivity index (χ0) is 8.97. The second kappa shape index (κ2) is 4.29. The Morgan fingerprint density at radius 3 is 2.42 bits per heavy atom.